The van der Waals surface area contributed by atoms with Gasteiger partial charge in [0.25, 0.3) is 0 Å². The molecule has 0 heterocycles. The first-order valence-electron chi connectivity index (χ1n) is 38.3. The summed E-state index contributed by atoms with van der Waals surface area (Å²) in [7, 11) is 0. The molecule has 0 aromatic carbocycles. The molecule has 0 aromatic rings. The molecule has 0 aromatic heterocycles. The SMILES string of the molecule is CCCCCCCCCCCCCCCCC(=O)OCCCCCCCCCCCCCCCCCCCCCCCCCCCCCCCCCCCCCCCC(=O)NC(CO)C(O)CCCCCCCCCCCCCCCC. The van der Waals surface area contributed by atoms with Gasteiger partial charge < -0.3 is 20.3 Å². The molecule has 0 spiro atoms. The number of hydrogen-bond acceptors (Lipinski definition) is 5. The number of carbonyl (C=O) groups excluding carboxylic acids is 2. The highest BCUT2D eigenvalue weighted by atomic mass is 16.5. The number of nitrogens with one attached hydrogen (secondary N) is 1. The Kier molecular flexibility index (Phi) is 71.3. The third kappa shape index (κ3) is 68.0. The van der Waals surface area contributed by atoms with Crippen molar-refractivity contribution in [1.29, 1.82) is 0 Å². The normalized spacial score (nSPS) is 12.4. The van der Waals surface area contributed by atoms with Gasteiger partial charge in [-0.1, -0.05) is 412 Å². The lowest BCUT2D eigenvalue weighted by molar-refractivity contribution is -0.143. The van der Waals surface area contributed by atoms with E-state index in [0.29, 0.717) is 25.9 Å². The predicted octanol–water partition coefficient (Wildman–Crippen LogP) is 24.9. The first kappa shape index (κ1) is 80.9. The average molecular weight is 1160 g/mol. The Morgan fingerprint density at radius 2 is 0.500 bits per heavy atom. The van der Waals surface area contributed by atoms with Crippen molar-refractivity contribution in [3.8, 4) is 0 Å². The molecule has 0 saturated heterocycles. The fraction of sp³-hybridized carbons (Fsp3) is 0.974. The molecule has 2 unspecified atom stereocenters. The predicted molar refractivity (Wildman–Crippen MR) is 361 cm³/mol. The summed E-state index contributed by atoms with van der Waals surface area (Å²) in [5, 5.41) is 23.3. The summed E-state index contributed by atoms with van der Waals surface area (Å²) < 4.78 is 5.50. The molecule has 2 atom stereocenters. The average Bonchev–Trinajstić information content (AvgIpc) is 3.48. The van der Waals surface area contributed by atoms with E-state index in [0.717, 1.165) is 38.5 Å². The van der Waals surface area contributed by atoms with Crippen LogP contribution in [0.25, 0.3) is 0 Å². The van der Waals surface area contributed by atoms with Crippen LogP contribution in [0, 0.1) is 0 Å². The minimum absolute atomic E-state index is 0.0255. The first-order valence-corrected chi connectivity index (χ1v) is 38.3. The lowest BCUT2D eigenvalue weighted by atomic mass is 10.0. The van der Waals surface area contributed by atoms with Gasteiger partial charge >= 0.3 is 5.97 Å². The van der Waals surface area contributed by atoms with E-state index in [-0.39, 0.29) is 18.5 Å². The third-order valence-electron chi connectivity index (χ3n) is 18.4. The van der Waals surface area contributed by atoms with Crippen molar-refractivity contribution in [1.82, 2.24) is 5.32 Å². The van der Waals surface area contributed by atoms with Crippen LogP contribution in [0.4, 0.5) is 0 Å². The second-order valence-corrected chi connectivity index (χ2v) is 26.7. The van der Waals surface area contributed by atoms with Crippen molar-refractivity contribution in [2.45, 2.75) is 463 Å². The fourth-order valence-electron chi connectivity index (χ4n) is 12.6. The van der Waals surface area contributed by atoms with E-state index >= 15 is 0 Å². The van der Waals surface area contributed by atoms with Crippen LogP contribution >= 0.6 is 0 Å². The highest BCUT2D eigenvalue weighted by molar-refractivity contribution is 5.76. The Bertz CT molecular complexity index is 1200. The van der Waals surface area contributed by atoms with Crippen LogP contribution in [0.5, 0.6) is 0 Å². The van der Waals surface area contributed by atoms with Crippen molar-refractivity contribution in [3.63, 3.8) is 0 Å². The molecular formula is C76H151NO5. The summed E-state index contributed by atoms with van der Waals surface area (Å²) in [5.41, 5.74) is 0. The summed E-state index contributed by atoms with van der Waals surface area (Å²) >= 11 is 0. The van der Waals surface area contributed by atoms with Crippen molar-refractivity contribution in [2.75, 3.05) is 13.2 Å². The molecule has 6 nitrogen and oxygen atoms in total. The van der Waals surface area contributed by atoms with Crippen LogP contribution in [-0.4, -0.2) is 47.4 Å². The number of aliphatic hydroxyl groups is 2. The lowest BCUT2D eigenvalue weighted by Crippen LogP contribution is -2.45. The summed E-state index contributed by atoms with van der Waals surface area (Å²) in [6.07, 6.45) is 89.1. The topological polar surface area (TPSA) is 95.9 Å². The fourth-order valence-corrected chi connectivity index (χ4v) is 12.6. The van der Waals surface area contributed by atoms with Gasteiger partial charge in [0.05, 0.1) is 25.4 Å². The quantitative estimate of drug-likeness (QED) is 0.0417. The van der Waals surface area contributed by atoms with Gasteiger partial charge in [-0.05, 0) is 25.7 Å². The molecule has 1 amide bonds. The molecule has 0 aliphatic carbocycles. The molecule has 3 N–H and O–H groups in total. The van der Waals surface area contributed by atoms with E-state index in [4.69, 9.17) is 4.74 Å². The molecule has 0 bridgehead atoms. The smallest absolute Gasteiger partial charge is 0.305 e. The number of carbonyl (C=O) groups is 2. The van der Waals surface area contributed by atoms with Gasteiger partial charge in [-0.25, -0.2) is 0 Å². The molecule has 0 aliphatic rings. The molecule has 490 valence electrons. The molecular weight excluding hydrogens is 1010 g/mol. The van der Waals surface area contributed by atoms with Gasteiger partial charge in [-0.15, -0.1) is 0 Å². The van der Waals surface area contributed by atoms with Gasteiger partial charge in [0.1, 0.15) is 0 Å². The maximum absolute atomic E-state index is 12.5. The number of aliphatic hydroxyl groups excluding tert-OH is 2. The highest BCUT2D eigenvalue weighted by Gasteiger charge is 2.20. The third-order valence-corrected chi connectivity index (χ3v) is 18.4. The van der Waals surface area contributed by atoms with E-state index in [1.807, 2.05) is 0 Å². The number of ether oxygens (including phenoxy) is 1. The van der Waals surface area contributed by atoms with Gasteiger partial charge in [-0.3, -0.25) is 9.59 Å². The van der Waals surface area contributed by atoms with Crippen molar-refractivity contribution < 1.29 is 24.5 Å². The Morgan fingerprint density at radius 1 is 0.293 bits per heavy atom. The van der Waals surface area contributed by atoms with E-state index in [2.05, 4.69) is 19.2 Å². The van der Waals surface area contributed by atoms with Crippen LogP contribution in [0.1, 0.15) is 450 Å². The zero-order chi connectivity index (χ0) is 59.2. The number of rotatable bonds is 73. The van der Waals surface area contributed by atoms with Gasteiger partial charge in [0, 0.05) is 12.8 Å². The first-order chi connectivity index (χ1) is 40.5. The number of hydrogen-bond donors (Lipinski definition) is 3. The summed E-state index contributed by atoms with van der Waals surface area (Å²) in [5.74, 6) is 0.00130. The zero-order valence-corrected chi connectivity index (χ0v) is 56.3. The molecule has 82 heavy (non-hydrogen) atoms. The molecule has 6 heteroatoms. The zero-order valence-electron chi connectivity index (χ0n) is 56.3. The van der Waals surface area contributed by atoms with E-state index < -0.39 is 12.1 Å². The minimum Gasteiger partial charge on any atom is -0.466 e. The Balaban J connectivity index is 3.27. The van der Waals surface area contributed by atoms with Gasteiger partial charge in [0.15, 0.2) is 0 Å². The van der Waals surface area contributed by atoms with E-state index in [9.17, 15) is 19.8 Å². The monoisotopic (exact) mass is 1160 g/mol. The highest BCUT2D eigenvalue weighted by Crippen LogP contribution is 2.20. The number of esters is 1. The lowest BCUT2D eigenvalue weighted by Gasteiger charge is -2.22. The number of amides is 1. The van der Waals surface area contributed by atoms with Crippen molar-refractivity contribution in [2.24, 2.45) is 0 Å². The van der Waals surface area contributed by atoms with Gasteiger partial charge in [0.2, 0.25) is 5.91 Å². The molecule has 0 fully saturated rings. The van der Waals surface area contributed by atoms with Crippen LogP contribution in [0.2, 0.25) is 0 Å². The summed E-state index contributed by atoms with van der Waals surface area (Å²) in [6, 6.07) is -0.535. The Morgan fingerprint density at radius 3 is 0.744 bits per heavy atom. The second-order valence-electron chi connectivity index (χ2n) is 26.7. The Hall–Kier alpha value is -1.14. The molecule has 0 radical (unpaired) electrons. The second kappa shape index (κ2) is 72.3. The maximum Gasteiger partial charge on any atom is 0.305 e. The largest absolute Gasteiger partial charge is 0.466 e. The van der Waals surface area contributed by atoms with Crippen molar-refractivity contribution >= 4 is 11.9 Å². The van der Waals surface area contributed by atoms with Gasteiger partial charge in [-0.2, -0.15) is 0 Å². The van der Waals surface area contributed by atoms with Crippen LogP contribution < -0.4 is 5.32 Å². The molecule has 0 aliphatic heterocycles. The summed E-state index contributed by atoms with van der Waals surface area (Å²) in [4.78, 5) is 24.6. The molecule has 0 saturated carbocycles. The molecule has 0 rings (SSSR count). The Labute approximate surface area is 515 Å². The number of unbranched alkanes of at least 4 members (excludes halogenated alkanes) is 62. The van der Waals surface area contributed by atoms with Crippen LogP contribution in [-0.2, 0) is 14.3 Å². The van der Waals surface area contributed by atoms with E-state index in [1.165, 1.54) is 379 Å². The standard InChI is InChI=1S/C76H151NO5/c1-3-5-7-9-11-13-15-17-44-48-52-56-60-64-68-74(79)73(72-78)77-75(80)69-65-61-57-53-49-45-42-40-38-36-34-32-30-28-26-24-22-20-19-21-23-25-27-29-31-33-35-37-39-41-43-47-51-55-59-63-67-71-82-76(81)70-66-62-58-54-50-46-18-16-14-12-10-8-6-4-2/h73-74,78-79H,3-72H2,1-2H3,(H,77,80). The van der Waals surface area contributed by atoms with Crippen molar-refractivity contribution in [3.05, 3.63) is 0 Å². The maximum atomic E-state index is 12.5. The minimum atomic E-state index is -0.658. The van der Waals surface area contributed by atoms with E-state index in [1.54, 1.807) is 0 Å². The van der Waals surface area contributed by atoms with Crippen LogP contribution in [0.15, 0.2) is 0 Å². The summed E-state index contributed by atoms with van der Waals surface area (Å²) in [6.45, 7) is 5.00. The van der Waals surface area contributed by atoms with Crippen LogP contribution in [0.3, 0.4) is 0 Å².